The van der Waals surface area contributed by atoms with E-state index in [2.05, 4.69) is 24.3 Å². The third kappa shape index (κ3) is 7.72. The molecule has 0 spiro atoms. The van der Waals surface area contributed by atoms with E-state index in [-0.39, 0.29) is 0 Å². The van der Waals surface area contributed by atoms with Gasteiger partial charge < -0.3 is 19.0 Å². The molecule has 0 unspecified atom stereocenters. The lowest BCUT2D eigenvalue weighted by molar-refractivity contribution is 0.477. The normalized spacial score (nSPS) is 10.5. The van der Waals surface area contributed by atoms with Crippen LogP contribution in [0.4, 0.5) is 0 Å². The number of phenols is 2. The average Bonchev–Trinajstić information content (AvgIpc) is 3.78. The molecule has 2 N–H and O–H groups in total. The molecule has 0 aliphatic carbocycles. The van der Waals surface area contributed by atoms with Crippen molar-refractivity contribution >= 4 is 43.9 Å². The number of fused-ring (bicyclic) bond motifs is 6. The van der Waals surface area contributed by atoms with Gasteiger partial charge in [-0.25, -0.2) is 0 Å². The molecule has 10 aromatic rings. The first-order valence-corrected chi connectivity index (χ1v) is 17.0. The third-order valence-electron chi connectivity index (χ3n) is 8.55. The fourth-order valence-electron chi connectivity index (χ4n) is 6.02. The molecule has 0 fully saturated rings. The molecule has 10 rings (SSSR count). The van der Waals surface area contributed by atoms with Crippen LogP contribution in [0.3, 0.4) is 0 Å². The zero-order valence-corrected chi connectivity index (χ0v) is 28.3. The molecule has 0 amide bonds. The van der Waals surface area contributed by atoms with Crippen LogP contribution in [-0.4, -0.2) is 10.2 Å². The second-order valence-electron chi connectivity index (χ2n) is 12.0. The zero-order chi connectivity index (χ0) is 35.5. The fourth-order valence-corrected chi connectivity index (χ4v) is 6.02. The van der Waals surface area contributed by atoms with Crippen molar-refractivity contribution in [3.63, 3.8) is 0 Å². The van der Waals surface area contributed by atoms with Gasteiger partial charge in [0.2, 0.25) is 0 Å². The van der Waals surface area contributed by atoms with Gasteiger partial charge in [-0.15, -0.1) is 0 Å². The Kier molecular flexibility index (Phi) is 10.4. The van der Waals surface area contributed by atoms with Gasteiger partial charge in [0.15, 0.2) is 0 Å². The first-order valence-electron chi connectivity index (χ1n) is 17.0. The fraction of sp³-hybridized carbons (Fsp3) is 0. The van der Waals surface area contributed by atoms with E-state index in [4.69, 9.17) is 8.83 Å². The Balaban J connectivity index is 0.000000108. The van der Waals surface area contributed by atoms with E-state index < -0.39 is 0 Å². The summed E-state index contributed by atoms with van der Waals surface area (Å²) in [6, 6.07) is 66.8. The molecular formula is C48H36O4. The predicted octanol–water partition coefficient (Wildman–Crippen LogP) is 13.3. The molecule has 252 valence electrons. The maximum absolute atomic E-state index is 9.56. The number of phenolic OH excluding ortho intramolecular Hbond substituents is 2. The third-order valence-corrected chi connectivity index (χ3v) is 8.55. The van der Waals surface area contributed by atoms with E-state index in [9.17, 15) is 10.2 Å². The Morgan fingerprint density at radius 2 is 0.500 bits per heavy atom. The summed E-state index contributed by atoms with van der Waals surface area (Å²) < 4.78 is 11.3. The van der Waals surface area contributed by atoms with Crippen molar-refractivity contribution in [3.05, 3.63) is 206 Å². The van der Waals surface area contributed by atoms with Gasteiger partial charge in [-0.05, 0) is 47.5 Å². The molecule has 0 saturated heterocycles. The highest BCUT2D eigenvalue weighted by Crippen LogP contribution is 2.30. The molecule has 0 atom stereocenters. The summed E-state index contributed by atoms with van der Waals surface area (Å²) in [5.74, 6) is 0.655. The molecule has 0 bridgehead atoms. The maximum atomic E-state index is 9.56. The highest BCUT2D eigenvalue weighted by atomic mass is 16.3. The van der Waals surface area contributed by atoms with Crippen LogP contribution in [-0.2, 0) is 0 Å². The summed E-state index contributed by atoms with van der Waals surface area (Å²) in [5, 5.41) is 23.9. The maximum Gasteiger partial charge on any atom is 0.135 e. The Hall–Kier alpha value is -7.04. The summed E-state index contributed by atoms with van der Waals surface area (Å²) in [5.41, 5.74) is 7.69. The van der Waals surface area contributed by atoms with Gasteiger partial charge in [-0.1, -0.05) is 170 Å². The molecule has 52 heavy (non-hydrogen) atoms. The van der Waals surface area contributed by atoms with Crippen molar-refractivity contribution in [2.45, 2.75) is 0 Å². The largest absolute Gasteiger partial charge is 0.507 e. The van der Waals surface area contributed by atoms with Crippen LogP contribution in [0.1, 0.15) is 0 Å². The molecular weight excluding hydrogens is 641 g/mol. The number of hydrogen-bond acceptors (Lipinski definition) is 4. The minimum absolute atomic E-state index is 0.328. The predicted molar refractivity (Wildman–Crippen MR) is 215 cm³/mol. The molecule has 0 aliphatic rings. The monoisotopic (exact) mass is 676 g/mol. The summed E-state index contributed by atoms with van der Waals surface area (Å²) in [6.45, 7) is 0. The molecule has 0 aliphatic heterocycles. The van der Waals surface area contributed by atoms with Crippen molar-refractivity contribution in [1.82, 2.24) is 0 Å². The summed E-state index contributed by atoms with van der Waals surface area (Å²) in [6.07, 6.45) is 0. The number of rotatable bonds is 2. The molecule has 0 saturated carbocycles. The van der Waals surface area contributed by atoms with E-state index in [1.165, 1.54) is 21.5 Å². The number of aromatic hydroxyl groups is 2. The van der Waals surface area contributed by atoms with Crippen LogP contribution < -0.4 is 0 Å². The van der Waals surface area contributed by atoms with Gasteiger partial charge in [0, 0.05) is 32.7 Å². The summed E-state index contributed by atoms with van der Waals surface area (Å²) >= 11 is 0. The van der Waals surface area contributed by atoms with Crippen LogP contribution in [0.2, 0.25) is 0 Å². The molecule has 0 radical (unpaired) electrons. The number of hydrogen-bond donors (Lipinski definition) is 2. The topological polar surface area (TPSA) is 66.7 Å². The minimum Gasteiger partial charge on any atom is -0.507 e. The van der Waals surface area contributed by atoms with Gasteiger partial charge in [0.05, 0.1) is 0 Å². The SMILES string of the molecule is Oc1ccccc1-c1ccccc1.Oc1ccccc1-c1ccccc1.c1ccc2c(c1)oc1ccccc12.c1ccc2c(c1)oc1ccccc12. The first kappa shape index (κ1) is 33.5. The molecule has 8 aromatic carbocycles. The first-order chi connectivity index (χ1) is 25.7. The molecule has 2 aromatic heterocycles. The van der Waals surface area contributed by atoms with Crippen molar-refractivity contribution in [1.29, 1.82) is 0 Å². The van der Waals surface area contributed by atoms with Crippen LogP contribution in [0, 0.1) is 0 Å². The quantitative estimate of drug-likeness (QED) is 0.191. The van der Waals surface area contributed by atoms with Gasteiger partial charge in [0.1, 0.15) is 33.8 Å². The lowest BCUT2D eigenvalue weighted by atomic mass is 10.1. The summed E-state index contributed by atoms with van der Waals surface area (Å²) in [7, 11) is 0. The Morgan fingerprint density at radius 1 is 0.250 bits per heavy atom. The van der Waals surface area contributed by atoms with E-state index >= 15 is 0 Å². The number of furan rings is 2. The highest BCUT2D eigenvalue weighted by Gasteiger charge is 2.05. The van der Waals surface area contributed by atoms with Crippen molar-refractivity contribution in [2.75, 3.05) is 0 Å². The Labute approximate surface area is 302 Å². The number of benzene rings is 8. The van der Waals surface area contributed by atoms with Crippen molar-refractivity contribution < 1.29 is 19.0 Å². The number of para-hydroxylation sites is 6. The van der Waals surface area contributed by atoms with Crippen molar-refractivity contribution in [2.24, 2.45) is 0 Å². The van der Waals surface area contributed by atoms with Crippen LogP contribution in [0.25, 0.3) is 66.1 Å². The Morgan fingerprint density at radius 3 is 0.808 bits per heavy atom. The lowest BCUT2D eigenvalue weighted by Gasteiger charge is -2.02. The second-order valence-corrected chi connectivity index (χ2v) is 12.0. The van der Waals surface area contributed by atoms with Gasteiger partial charge in [-0.2, -0.15) is 0 Å². The molecule has 4 heteroatoms. The van der Waals surface area contributed by atoms with Crippen molar-refractivity contribution in [3.8, 4) is 33.8 Å². The van der Waals surface area contributed by atoms with Gasteiger partial charge in [0.25, 0.3) is 0 Å². The summed E-state index contributed by atoms with van der Waals surface area (Å²) in [4.78, 5) is 0. The van der Waals surface area contributed by atoms with Crippen LogP contribution >= 0.6 is 0 Å². The minimum atomic E-state index is 0.328. The zero-order valence-electron chi connectivity index (χ0n) is 28.3. The lowest BCUT2D eigenvalue weighted by Crippen LogP contribution is -1.76. The molecule has 4 nitrogen and oxygen atoms in total. The van der Waals surface area contributed by atoms with E-state index in [1.807, 2.05) is 170 Å². The standard InChI is InChI=1S/2C12H8O.2C12H10O/c2*1-3-7-11-9(5-1)10-6-2-4-8-12(10)13-11;2*13-12-9-5-4-8-11(12)10-6-2-1-3-7-10/h2*1-8H;2*1-9,13H. The van der Waals surface area contributed by atoms with Gasteiger partial charge >= 0.3 is 0 Å². The Bertz CT molecular complexity index is 2370. The molecule has 2 heterocycles. The second kappa shape index (κ2) is 16.1. The van der Waals surface area contributed by atoms with Crippen LogP contribution in [0.15, 0.2) is 215 Å². The highest BCUT2D eigenvalue weighted by molar-refractivity contribution is 6.05. The van der Waals surface area contributed by atoms with Gasteiger partial charge in [-0.3, -0.25) is 0 Å². The smallest absolute Gasteiger partial charge is 0.135 e. The van der Waals surface area contributed by atoms with Crippen LogP contribution in [0.5, 0.6) is 11.5 Å². The van der Waals surface area contributed by atoms with E-state index in [1.54, 1.807) is 12.1 Å². The van der Waals surface area contributed by atoms with E-state index in [0.717, 1.165) is 44.6 Å². The van der Waals surface area contributed by atoms with E-state index in [0.29, 0.717) is 11.5 Å². The average molecular weight is 677 g/mol.